The van der Waals surface area contributed by atoms with Gasteiger partial charge in [0.05, 0.1) is 0 Å². The van der Waals surface area contributed by atoms with E-state index in [9.17, 15) is 0 Å². The van der Waals surface area contributed by atoms with Crippen LogP contribution in [0.25, 0.3) is 5.57 Å². The van der Waals surface area contributed by atoms with Crippen molar-refractivity contribution in [3.05, 3.63) is 65.8 Å². The summed E-state index contributed by atoms with van der Waals surface area (Å²) in [6.07, 6.45) is 2.06. The van der Waals surface area contributed by atoms with Crippen LogP contribution in [0, 0.1) is 6.92 Å². The summed E-state index contributed by atoms with van der Waals surface area (Å²) in [4.78, 5) is 0. The van der Waals surface area contributed by atoms with E-state index in [1.807, 2.05) is 20.8 Å². The summed E-state index contributed by atoms with van der Waals surface area (Å²) in [7, 11) is 0. The van der Waals surface area contributed by atoms with Crippen molar-refractivity contribution >= 4 is 5.57 Å². The van der Waals surface area contributed by atoms with Crippen LogP contribution < -0.4 is 0 Å². The van der Waals surface area contributed by atoms with Gasteiger partial charge in [-0.25, -0.2) is 0 Å². The standard InChI is InChI=1S/C15H18.C2H6.2CH4/c1-11(2)10-13(4)14(5)15-8-6-12(3)7-9-15;1-2;;/h6-10H,1,5H2,2-4H3;1-2H3;2*1H4/b13-10-;;;. The molecule has 0 fully saturated rings. The lowest BCUT2D eigenvalue weighted by Crippen LogP contribution is -1.85. The number of aryl methyl sites for hydroxylation is 1. The van der Waals surface area contributed by atoms with Crippen LogP contribution >= 0.6 is 0 Å². The van der Waals surface area contributed by atoms with E-state index >= 15 is 0 Å². The molecule has 1 aromatic carbocycles. The Hall–Kier alpha value is -1.56. The van der Waals surface area contributed by atoms with Gasteiger partial charge >= 0.3 is 0 Å². The summed E-state index contributed by atoms with van der Waals surface area (Å²) in [6, 6.07) is 8.42. The Labute approximate surface area is 121 Å². The summed E-state index contributed by atoms with van der Waals surface area (Å²) in [5.41, 5.74) is 5.74. The van der Waals surface area contributed by atoms with E-state index in [4.69, 9.17) is 0 Å². The first-order chi connectivity index (χ1) is 8.00. The van der Waals surface area contributed by atoms with Gasteiger partial charge in [0.1, 0.15) is 0 Å². The molecule has 0 bridgehead atoms. The third-order valence-corrected chi connectivity index (χ3v) is 2.34. The molecule has 0 heterocycles. The highest BCUT2D eigenvalue weighted by Gasteiger charge is 2.00. The number of benzene rings is 1. The Bertz CT molecular complexity index is 402. The second-order valence-corrected chi connectivity index (χ2v) is 4.02. The Morgan fingerprint density at radius 1 is 0.947 bits per heavy atom. The van der Waals surface area contributed by atoms with E-state index in [-0.39, 0.29) is 14.9 Å². The van der Waals surface area contributed by atoms with Gasteiger partial charge in [0.25, 0.3) is 0 Å². The maximum absolute atomic E-state index is 4.10. The second kappa shape index (κ2) is 11.5. The molecule has 108 valence electrons. The molecule has 0 spiro atoms. The molecule has 0 N–H and O–H groups in total. The normalized spacial score (nSPS) is 9.21. The Morgan fingerprint density at radius 3 is 1.74 bits per heavy atom. The SMILES string of the molecule is C.C.C=C(C)/C=C(/C)C(=C)c1ccc(C)cc1.CC. The van der Waals surface area contributed by atoms with Gasteiger partial charge < -0.3 is 0 Å². The van der Waals surface area contributed by atoms with Gasteiger partial charge in [0, 0.05) is 0 Å². The summed E-state index contributed by atoms with van der Waals surface area (Å²) in [6.45, 7) is 18.1. The van der Waals surface area contributed by atoms with E-state index in [0.717, 1.165) is 11.1 Å². The van der Waals surface area contributed by atoms with Crippen LogP contribution in [-0.4, -0.2) is 0 Å². The van der Waals surface area contributed by atoms with E-state index in [1.165, 1.54) is 16.7 Å². The zero-order valence-corrected chi connectivity index (χ0v) is 11.8. The molecule has 0 atom stereocenters. The maximum atomic E-state index is 4.10. The summed E-state index contributed by atoms with van der Waals surface area (Å²) < 4.78 is 0. The van der Waals surface area contributed by atoms with Crippen LogP contribution in [0.15, 0.2) is 54.6 Å². The minimum absolute atomic E-state index is 0. The van der Waals surface area contributed by atoms with Crippen LogP contribution in [0.1, 0.15) is 53.7 Å². The molecular formula is C19H32. The first-order valence-corrected chi connectivity index (χ1v) is 6.11. The summed E-state index contributed by atoms with van der Waals surface area (Å²) >= 11 is 0. The molecule has 0 aromatic heterocycles. The van der Waals surface area contributed by atoms with Crippen LogP contribution in [0.4, 0.5) is 0 Å². The Balaban J connectivity index is -0.000000609. The zero-order chi connectivity index (χ0) is 13.4. The van der Waals surface area contributed by atoms with Crippen molar-refractivity contribution in [3.63, 3.8) is 0 Å². The van der Waals surface area contributed by atoms with Crippen molar-refractivity contribution in [2.75, 3.05) is 0 Å². The van der Waals surface area contributed by atoms with Crippen LogP contribution in [0.5, 0.6) is 0 Å². The predicted octanol–water partition coefficient (Wildman–Crippen LogP) is 6.83. The Morgan fingerprint density at radius 2 is 1.37 bits per heavy atom. The fraction of sp³-hybridized carbons (Fsp3) is 0.368. The molecule has 0 nitrogen and oxygen atoms in total. The van der Waals surface area contributed by atoms with Gasteiger partial charge in [-0.2, -0.15) is 0 Å². The number of rotatable bonds is 3. The van der Waals surface area contributed by atoms with E-state index in [0.29, 0.717) is 0 Å². The molecule has 0 aliphatic rings. The number of allylic oxidation sites excluding steroid dienone is 4. The van der Waals surface area contributed by atoms with Gasteiger partial charge in [-0.15, -0.1) is 0 Å². The van der Waals surface area contributed by atoms with Crippen LogP contribution in [-0.2, 0) is 0 Å². The fourth-order valence-electron chi connectivity index (χ4n) is 1.44. The third kappa shape index (κ3) is 8.20. The Kier molecular flexibility index (Phi) is 13.7. The van der Waals surface area contributed by atoms with Gasteiger partial charge in [-0.3, -0.25) is 0 Å². The summed E-state index contributed by atoms with van der Waals surface area (Å²) in [5.74, 6) is 0. The molecule has 0 saturated carbocycles. The quantitative estimate of drug-likeness (QED) is 0.522. The molecule has 1 rings (SSSR count). The highest BCUT2D eigenvalue weighted by molar-refractivity contribution is 5.77. The lowest BCUT2D eigenvalue weighted by Gasteiger charge is -2.07. The molecule has 1 aromatic rings. The van der Waals surface area contributed by atoms with Gasteiger partial charge in [-0.05, 0) is 37.5 Å². The number of hydrogen-bond acceptors (Lipinski definition) is 0. The van der Waals surface area contributed by atoms with Gasteiger partial charge in [0.2, 0.25) is 0 Å². The lowest BCUT2D eigenvalue weighted by atomic mass is 9.98. The van der Waals surface area contributed by atoms with Crippen LogP contribution in [0.2, 0.25) is 0 Å². The minimum Gasteiger partial charge on any atom is -0.0961 e. The van der Waals surface area contributed by atoms with E-state index in [2.05, 4.69) is 57.3 Å². The highest BCUT2D eigenvalue weighted by Crippen LogP contribution is 2.21. The summed E-state index contributed by atoms with van der Waals surface area (Å²) in [5, 5.41) is 0. The van der Waals surface area contributed by atoms with E-state index < -0.39 is 0 Å². The first kappa shape index (κ1) is 22.6. The average molecular weight is 260 g/mol. The van der Waals surface area contributed by atoms with Gasteiger partial charge in [0.15, 0.2) is 0 Å². The predicted molar refractivity (Wildman–Crippen MR) is 93.6 cm³/mol. The highest BCUT2D eigenvalue weighted by atomic mass is 14.0. The first-order valence-electron chi connectivity index (χ1n) is 6.11. The molecule has 0 unspecified atom stereocenters. The van der Waals surface area contributed by atoms with Gasteiger partial charge in [-0.1, -0.05) is 83.3 Å². The molecule has 0 aliphatic carbocycles. The maximum Gasteiger partial charge on any atom is -0.0187 e. The molecule has 0 saturated heterocycles. The third-order valence-electron chi connectivity index (χ3n) is 2.34. The molecule has 0 heteroatoms. The molecule has 0 amide bonds. The monoisotopic (exact) mass is 260 g/mol. The topological polar surface area (TPSA) is 0 Å². The van der Waals surface area contributed by atoms with Crippen molar-refractivity contribution < 1.29 is 0 Å². The molecule has 0 aliphatic heterocycles. The lowest BCUT2D eigenvalue weighted by molar-refractivity contribution is 1.42. The van der Waals surface area contributed by atoms with Crippen molar-refractivity contribution in [1.82, 2.24) is 0 Å². The van der Waals surface area contributed by atoms with Crippen molar-refractivity contribution in [2.24, 2.45) is 0 Å². The second-order valence-electron chi connectivity index (χ2n) is 4.02. The molecule has 19 heavy (non-hydrogen) atoms. The van der Waals surface area contributed by atoms with Crippen molar-refractivity contribution in [3.8, 4) is 0 Å². The van der Waals surface area contributed by atoms with Crippen LogP contribution in [0.3, 0.4) is 0 Å². The molecule has 0 radical (unpaired) electrons. The van der Waals surface area contributed by atoms with Crippen molar-refractivity contribution in [1.29, 1.82) is 0 Å². The fourth-order valence-corrected chi connectivity index (χ4v) is 1.44. The zero-order valence-electron chi connectivity index (χ0n) is 11.8. The molecular weight excluding hydrogens is 228 g/mol. The smallest absolute Gasteiger partial charge is 0.0187 e. The van der Waals surface area contributed by atoms with Crippen molar-refractivity contribution in [2.45, 2.75) is 49.5 Å². The number of hydrogen-bond donors (Lipinski definition) is 0. The average Bonchev–Trinajstić information content (AvgIpc) is 2.31. The largest absolute Gasteiger partial charge is 0.0961 e. The minimum atomic E-state index is 0. The van der Waals surface area contributed by atoms with E-state index in [1.54, 1.807) is 0 Å².